The summed E-state index contributed by atoms with van der Waals surface area (Å²) in [5.41, 5.74) is 3.44. The molecule has 0 aliphatic heterocycles. The smallest absolute Gasteiger partial charge is 0.230 e. The first-order valence-electron chi connectivity index (χ1n) is 9.19. The lowest BCUT2D eigenvalue weighted by Crippen LogP contribution is -2.32. The van der Waals surface area contributed by atoms with Gasteiger partial charge in [0.25, 0.3) is 0 Å². The van der Waals surface area contributed by atoms with E-state index in [0.717, 1.165) is 10.8 Å². The molecule has 1 aromatic heterocycles. The van der Waals surface area contributed by atoms with Crippen LogP contribution in [-0.2, 0) is 14.8 Å². The highest BCUT2D eigenvalue weighted by Gasteiger charge is 2.14. The standard InChI is InChI=1S/C19H28N4O3S2/c1-5-28(25,26)22(4)12-7-10-20-18(24)14-27-19-21-11-13-23(19)17-9-6-8-15(2)16(17)3/h6,8-9,11,13H,5,7,10,12,14H2,1-4H3,(H,20,24). The van der Waals surface area contributed by atoms with Crippen molar-refractivity contribution < 1.29 is 13.2 Å². The lowest BCUT2D eigenvalue weighted by atomic mass is 10.1. The number of hydrogen-bond acceptors (Lipinski definition) is 5. The number of nitrogens with zero attached hydrogens (tertiary/aromatic N) is 3. The molecular weight excluding hydrogens is 396 g/mol. The van der Waals surface area contributed by atoms with E-state index >= 15 is 0 Å². The molecule has 0 aliphatic carbocycles. The highest BCUT2D eigenvalue weighted by Crippen LogP contribution is 2.24. The van der Waals surface area contributed by atoms with E-state index in [0.29, 0.717) is 19.5 Å². The number of carbonyl (C=O) groups is 1. The first-order valence-corrected chi connectivity index (χ1v) is 11.8. The summed E-state index contributed by atoms with van der Waals surface area (Å²) in [6, 6.07) is 6.11. The molecule has 0 unspecified atom stereocenters. The third-order valence-corrected chi connectivity index (χ3v) is 7.42. The molecule has 28 heavy (non-hydrogen) atoms. The molecule has 154 valence electrons. The Labute approximate surface area is 171 Å². The molecule has 0 radical (unpaired) electrons. The minimum absolute atomic E-state index is 0.0829. The van der Waals surface area contributed by atoms with E-state index in [1.807, 2.05) is 22.9 Å². The second-order valence-electron chi connectivity index (χ2n) is 6.51. The molecule has 0 saturated heterocycles. The Kier molecular flexibility index (Phi) is 8.09. The molecule has 2 rings (SSSR count). The van der Waals surface area contributed by atoms with Gasteiger partial charge in [0.15, 0.2) is 5.16 Å². The van der Waals surface area contributed by atoms with Crippen molar-refractivity contribution in [1.82, 2.24) is 19.2 Å². The van der Waals surface area contributed by atoms with Gasteiger partial charge in [-0.3, -0.25) is 9.36 Å². The number of thioether (sulfide) groups is 1. The molecule has 7 nitrogen and oxygen atoms in total. The van der Waals surface area contributed by atoms with Crippen molar-refractivity contribution in [2.75, 3.05) is 31.6 Å². The van der Waals surface area contributed by atoms with Gasteiger partial charge in [0.2, 0.25) is 15.9 Å². The van der Waals surface area contributed by atoms with Crippen LogP contribution in [0.5, 0.6) is 0 Å². The molecule has 2 aromatic rings. The maximum absolute atomic E-state index is 12.1. The molecule has 0 spiro atoms. The van der Waals surface area contributed by atoms with E-state index in [9.17, 15) is 13.2 Å². The number of rotatable bonds is 10. The summed E-state index contributed by atoms with van der Waals surface area (Å²) in [6.45, 7) is 6.59. The summed E-state index contributed by atoms with van der Waals surface area (Å²) in [5.74, 6) is 0.242. The van der Waals surface area contributed by atoms with Crippen LogP contribution in [-0.4, -0.2) is 59.8 Å². The van der Waals surface area contributed by atoms with Gasteiger partial charge in [-0.15, -0.1) is 0 Å². The molecule has 0 saturated carbocycles. The second-order valence-corrected chi connectivity index (χ2v) is 9.82. The Morgan fingerprint density at radius 1 is 1.32 bits per heavy atom. The zero-order valence-electron chi connectivity index (χ0n) is 16.8. The summed E-state index contributed by atoms with van der Waals surface area (Å²) in [5, 5.41) is 3.59. The molecule has 1 amide bonds. The highest BCUT2D eigenvalue weighted by molar-refractivity contribution is 7.99. The van der Waals surface area contributed by atoms with Gasteiger partial charge in [-0.2, -0.15) is 0 Å². The molecule has 1 heterocycles. The number of benzene rings is 1. The Balaban J connectivity index is 1.83. The molecule has 0 atom stereocenters. The van der Waals surface area contributed by atoms with Crippen molar-refractivity contribution in [2.24, 2.45) is 0 Å². The molecule has 0 fully saturated rings. The van der Waals surface area contributed by atoms with Gasteiger partial charge < -0.3 is 5.32 Å². The highest BCUT2D eigenvalue weighted by atomic mass is 32.2. The zero-order chi connectivity index (χ0) is 20.7. The van der Waals surface area contributed by atoms with Crippen molar-refractivity contribution in [3.8, 4) is 5.69 Å². The van der Waals surface area contributed by atoms with Crippen LogP contribution in [0.3, 0.4) is 0 Å². The normalized spacial score (nSPS) is 11.8. The van der Waals surface area contributed by atoms with E-state index in [2.05, 4.69) is 30.2 Å². The number of nitrogens with one attached hydrogen (secondary N) is 1. The number of imidazole rings is 1. The van der Waals surface area contributed by atoms with Crippen molar-refractivity contribution in [3.05, 3.63) is 41.7 Å². The fourth-order valence-electron chi connectivity index (χ4n) is 2.65. The fraction of sp³-hybridized carbons (Fsp3) is 0.474. The molecular formula is C19H28N4O3S2. The van der Waals surface area contributed by atoms with Gasteiger partial charge in [0.1, 0.15) is 0 Å². The van der Waals surface area contributed by atoms with Crippen LogP contribution in [0.15, 0.2) is 35.7 Å². The first-order chi connectivity index (χ1) is 13.3. The summed E-state index contributed by atoms with van der Waals surface area (Å²) >= 11 is 1.38. The second kappa shape index (κ2) is 10.1. The average molecular weight is 425 g/mol. The largest absolute Gasteiger partial charge is 0.355 e. The minimum Gasteiger partial charge on any atom is -0.355 e. The van der Waals surface area contributed by atoms with Gasteiger partial charge >= 0.3 is 0 Å². The fourth-order valence-corrected chi connectivity index (χ4v) is 4.29. The lowest BCUT2D eigenvalue weighted by Gasteiger charge is -2.15. The summed E-state index contributed by atoms with van der Waals surface area (Å²) in [6.07, 6.45) is 4.20. The van der Waals surface area contributed by atoms with Crippen LogP contribution in [0.2, 0.25) is 0 Å². The van der Waals surface area contributed by atoms with Crippen LogP contribution >= 0.6 is 11.8 Å². The molecule has 1 N–H and O–H groups in total. The molecule has 0 aliphatic rings. The van der Waals surface area contributed by atoms with Gasteiger partial charge in [-0.05, 0) is 44.4 Å². The van der Waals surface area contributed by atoms with Crippen molar-refractivity contribution in [2.45, 2.75) is 32.3 Å². The van der Waals surface area contributed by atoms with Gasteiger partial charge in [0.05, 0.1) is 17.2 Å². The van der Waals surface area contributed by atoms with Crippen LogP contribution < -0.4 is 5.32 Å². The molecule has 9 heteroatoms. The number of carbonyl (C=O) groups excluding carboxylic acids is 1. The van der Waals surface area contributed by atoms with E-state index in [-0.39, 0.29) is 17.4 Å². The average Bonchev–Trinajstić information content (AvgIpc) is 3.13. The number of hydrogen-bond donors (Lipinski definition) is 1. The van der Waals surface area contributed by atoms with Gasteiger partial charge in [-0.25, -0.2) is 17.7 Å². The number of amides is 1. The maximum atomic E-state index is 12.1. The molecule has 0 bridgehead atoms. The van der Waals surface area contributed by atoms with E-state index in [1.165, 1.54) is 27.2 Å². The van der Waals surface area contributed by atoms with Crippen molar-refractivity contribution >= 4 is 27.7 Å². The van der Waals surface area contributed by atoms with Crippen LogP contribution in [0.1, 0.15) is 24.5 Å². The molecule has 1 aromatic carbocycles. The SMILES string of the molecule is CCS(=O)(=O)N(C)CCCNC(=O)CSc1nccn1-c1cccc(C)c1C. The van der Waals surface area contributed by atoms with E-state index < -0.39 is 10.0 Å². The topological polar surface area (TPSA) is 84.3 Å². The number of sulfonamides is 1. The van der Waals surface area contributed by atoms with Crippen LogP contribution in [0, 0.1) is 13.8 Å². The number of aryl methyl sites for hydroxylation is 1. The Hall–Kier alpha value is -1.84. The Morgan fingerprint density at radius 3 is 2.79 bits per heavy atom. The quantitative estimate of drug-likeness (QED) is 0.468. The van der Waals surface area contributed by atoms with Crippen LogP contribution in [0.4, 0.5) is 0 Å². The van der Waals surface area contributed by atoms with E-state index in [4.69, 9.17) is 0 Å². The minimum atomic E-state index is -3.17. The Morgan fingerprint density at radius 2 is 2.07 bits per heavy atom. The number of aromatic nitrogens is 2. The first kappa shape index (κ1) is 22.4. The van der Waals surface area contributed by atoms with Gasteiger partial charge in [-0.1, -0.05) is 23.9 Å². The van der Waals surface area contributed by atoms with Crippen molar-refractivity contribution in [3.63, 3.8) is 0 Å². The third kappa shape index (κ3) is 5.83. The summed E-state index contributed by atoms with van der Waals surface area (Å²) in [7, 11) is -1.61. The summed E-state index contributed by atoms with van der Waals surface area (Å²) < 4.78 is 26.7. The van der Waals surface area contributed by atoms with E-state index in [1.54, 1.807) is 20.2 Å². The maximum Gasteiger partial charge on any atom is 0.230 e. The third-order valence-electron chi connectivity index (χ3n) is 4.59. The van der Waals surface area contributed by atoms with Crippen LogP contribution in [0.25, 0.3) is 5.69 Å². The predicted octanol–water partition coefficient (Wildman–Crippen LogP) is 2.37. The monoisotopic (exact) mass is 424 g/mol. The van der Waals surface area contributed by atoms with Gasteiger partial charge in [0, 0.05) is 32.5 Å². The predicted molar refractivity (Wildman–Crippen MR) is 113 cm³/mol. The Bertz CT molecular complexity index is 910. The van der Waals surface area contributed by atoms with Crippen molar-refractivity contribution in [1.29, 1.82) is 0 Å². The zero-order valence-corrected chi connectivity index (χ0v) is 18.4. The summed E-state index contributed by atoms with van der Waals surface area (Å²) in [4.78, 5) is 16.5. The lowest BCUT2D eigenvalue weighted by molar-refractivity contribution is -0.118.